The number of carbonyl (C=O) groups is 1. The van der Waals surface area contributed by atoms with E-state index in [9.17, 15) is 9.59 Å². The van der Waals surface area contributed by atoms with Gasteiger partial charge in [-0.1, -0.05) is 44.2 Å². The second kappa shape index (κ2) is 8.27. The molecule has 0 radical (unpaired) electrons. The lowest BCUT2D eigenvalue weighted by atomic mass is 10.1. The van der Waals surface area contributed by atoms with Gasteiger partial charge in [-0.15, -0.1) is 0 Å². The molecular weight excluding hydrogens is 290 g/mol. The number of aromatic nitrogens is 2. The normalized spacial score (nSPS) is 10.7. The molecule has 2 rings (SSSR count). The number of nitrogens with zero attached hydrogens (tertiary/aromatic N) is 2. The van der Waals surface area contributed by atoms with Crippen LogP contribution in [0.25, 0.3) is 0 Å². The lowest BCUT2D eigenvalue weighted by Crippen LogP contribution is -2.30. The van der Waals surface area contributed by atoms with Gasteiger partial charge in [-0.05, 0) is 30.4 Å². The Balaban J connectivity index is 2.02. The van der Waals surface area contributed by atoms with Crippen molar-refractivity contribution in [2.75, 3.05) is 6.54 Å². The van der Waals surface area contributed by atoms with Gasteiger partial charge in [0.15, 0.2) is 0 Å². The van der Waals surface area contributed by atoms with Crippen LogP contribution in [-0.4, -0.2) is 22.2 Å². The highest BCUT2D eigenvalue weighted by Gasteiger charge is 2.09. The van der Waals surface area contributed by atoms with Gasteiger partial charge >= 0.3 is 0 Å². The fourth-order valence-corrected chi connectivity index (χ4v) is 2.24. The summed E-state index contributed by atoms with van der Waals surface area (Å²) in [5, 5.41) is 7.02. The molecule has 0 bridgehead atoms. The van der Waals surface area contributed by atoms with Crippen LogP contribution in [0.3, 0.4) is 0 Å². The first-order valence-corrected chi connectivity index (χ1v) is 7.96. The highest BCUT2D eigenvalue weighted by atomic mass is 16.2. The molecule has 122 valence electrons. The molecular formula is C18H23N3O2. The Labute approximate surface area is 136 Å². The summed E-state index contributed by atoms with van der Waals surface area (Å²) in [6.07, 6.45) is 2.01. The lowest BCUT2D eigenvalue weighted by Gasteiger charge is -2.08. The van der Waals surface area contributed by atoms with E-state index in [1.165, 1.54) is 16.8 Å². The van der Waals surface area contributed by atoms with Crippen LogP contribution in [0, 0.1) is 5.92 Å². The van der Waals surface area contributed by atoms with Gasteiger partial charge in [0.2, 0.25) is 0 Å². The molecule has 0 spiro atoms. The molecule has 1 aromatic heterocycles. The van der Waals surface area contributed by atoms with E-state index in [-0.39, 0.29) is 17.2 Å². The highest BCUT2D eigenvalue weighted by Crippen LogP contribution is 2.03. The number of hydrogen-bond acceptors (Lipinski definition) is 3. The second-order valence-corrected chi connectivity index (χ2v) is 5.99. The zero-order valence-electron chi connectivity index (χ0n) is 13.7. The number of hydrogen-bond donors (Lipinski definition) is 1. The molecule has 1 N–H and O–H groups in total. The average Bonchev–Trinajstić information content (AvgIpc) is 2.54. The molecule has 0 atom stereocenters. The Morgan fingerprint density at radius 3 is 2.61 bits per heavy atom. The third kappa shape index (κ3) is 5.36. The maximum Gasteiger partial charge on any atom is 0.271 e. The van der Waals surface area contributed by atoms with Crippen LogP contribution in [0.4, 0.5) is 0 Å². The van der Waals surface area contributed by atoms with Gasteiger partial charge in [0.05, 0.1) is 6.54 Å². The van der Waals surface area contributed by atoms with E-state index in [2.05, 4.69) is 24.3 Å². The minimum absolute atomic E-state index is 0.217. The zero-order chi connectivity index (χ0) is 16.7. The van der Waals surface area contributed by atoms with E-state index < -0.39 is 0 Å². The quantitative estimate of drug-likeness (QED) is 0.799. The van der Waals surface area contributed by atoms with Crippen molar-refractivity contribution in [2.45, 2.75) is 33.2 Å². The monoisotopic (exact) mass is 313 g/mol. The van der Waals surface area contributed by atoms with Crippen molar-refractivity contribution in [1.82, 2.24) is 15.1 Å². The first kappa shape index (κ1) is 16.9. The topological polar surface area (TPSA) is 64.0 Å². The fraction of sp³-hybridized carbons (Fsp3) is 0.389. The Bertz CT molecular complexity index is 693. The zero-order valence-corrected chi connectivity index (χ0v) is 13.7. The predicted molar refractivity (Wildman–Crippen MR) is 90.4 cm³/mol. The Morgan fingerprint density at radius 1 is 1.17 bits per heavy atom. The molecule has 0 saturated heterocycles. The summed E-state index contributed by atoms with van der Waals surface area (Å²) in [5.74, 6) is 0.383. The first-order chi connectivity index (χ1) is 11.1. The number of benzene rings is 1. The predicted octanol–water partition coefficient (Wildman–Crippen LogP) is 2.46. The molecule has 5 nitrogen and oxygen atoms in total. The van der Waals surface area contributed by atoms with Crippen LogP contribution in [0.2, 0.25) is 0 Å². The molecule has 1 heterocycles. The van der Waals surface area contributed by atoms with E-state index >= 15 is 0 Å². The SMILES string of the molecule is CC(C)CCCNC(=O)c1ccc(=O)n(Cc2ccccc2)n1. The fourth-order valence-electron chi connectivity index (χ4n) is 2.24. The Morgan fingerprint density at radius 2 is 1.91 bits per heavy atom. The highest BCUT2D eigenvalue weighted by molar-refractivity contribution is 5.91. The third-order valence-electron chi connectivity index (χ3n) is 3.52. The van der Waals surface area contributed by atoms with Gasteiger partial charge in [-0.2, -0.15) is 5.10 Å². The van der Waals surface area contributed by atoms with Crippen molar-refractivity contribution in [3.8, 4) is 0 Å². The van der Waals surface area contributed by atoms with Crippen molar-refractivity contribution in [3.63, 3.8) is 0 Å². The molecule has 1 aromatic carbocycles. The minimum Gasteiger partial charge on any atom is -0.351 e. The molecule has 0 saturated carbocycles. The van der Waals surface area contributed by atoms with Gasteiger partial charge in [0.1, 0.15) is 5.69 Å². The Hall–Kier alpha value is -2.43. The standard InChI is InChI=1S/C18H23N3O2/c1-14(2)7-6-12-19-18(23)16-10-11-17(22)21(20-16)13-15-8-4-3-5-9-15/h3-5,8-11,14H,6-7,12-13H2,1-2H3,(H,19,23). The molecule has 1 amide bonds. The molecule has 23 heavy (non-hydrogen) atoms. The minimum atomic E-state index is -0.240. The molecule has 0 aliphatic rings. The van der Waals surface area contributed by atoms with E-state index in [1.807, 2.05) is 30.3 Å². The Kier molecular flexibility index (Phi) is 6.09. The summed E-state index contributed by atoms with van der Waals surface area (Å²) in [5.41, 5.74) is 1.02. The molecule has 2 aromatic rings. The number of carbonyl (C=O) groups excluding carboxylic acids is 1. The van der Waals surface area contributed by atoms with Crippen LogP contribution in [0.15, 0.2) is 47.3 Å². The molecule has 0 fully saturated rings. The number of nitrogens with one attached hydrogen (secondary N) is 1. The number of rotatable bonds is 7. The van der Waals surface area contributed by atoms with E-state index in [4.69, 9.17) is 0 Å². The summed E-state index contributed by atoms with van der Waals surface area (Å²) in [7, 11) is 0. The van der Waals surface area contributed by atoms with Crippen molar-refractivity contribution >= 4 is 5.91 Å². The lowest BCUT2D eigenvalue weighted by molar-refractivity contribution is 0.0945. The summed E-state index contributed by atoms with van der Waals surface area (Å²) < 4.78 is 1.32. The van der Waals surface area contributed by atoms with Crippen molar-refractivity contribution in [2.24, 2.45) is 5.92 Å². The van der Waals surface area contributed by atoms with Crippen LogP contribution in [0.5, 0.6) is 0 Å². The summed E-state index contributed by atoms with van der Waals surface area (Å²) >= 11 is 0. The van der Waals surface area contributed by atoms with Crippen molar-refractivity contribution < 1.29 is 4.79 Å². The van der Waals surface area contributed by atoms with Gasteiger partial charge in [-0.25, -0.2) is 4.68 Å². The maximum absolute atomic E-state index is 12.1. The smallest absolute Gasteiger partial charge is 0.271 e. The van der Waals surface area contributed by atoms with E-state index in [1.54, 1.807) is 0 Å². The van der Waals surface area contributed by atoms with Crippen LogP contribution >= 0.6 is 0 Å². The molecule has 5 heteroatoms. The van der Waals surface area contributed by atoms with E-state index in [0.29, 0.717) is 19.0 Å². The summed E-state index contributed by atoms with van der Waals surface area (Å²) in [4.78, 5) is 24.0. The van der Waals surface area contributed by atoms with Gasteiger partial charge < -0.3 is 5.32 Å². The number of amides is 1. The summed E-state index contributed by atoms with van der Waals surface area (Å²) in [6.45, 7) is 5.29. The average molecular weight is 313 g/mol. The van der Waals surface area contributed by atoms with Gasteiger partial charge in [0.25, 0.3) is 11.5 Å². The molecule has 0 unspecified atom stereocenters. The van der Waals surface area contributed by atoms with Crippen LogP contribution < -0.4 is 10.9 Å². The van der Waals surface area contributed by atoms with Gasteiger partial charge in [-0.3, -0.25) is 9.59 Å². The summed E-state index contributed by atoms with van der Waals surface area (Å²) in [6, 6.07) is 12.4. The van der Waals surface area contributed by atoms with Gasteiger partial charge in [0, 0.05) is 12.6 Å². The van der Waals surface area contributed by atoms with Crippen molar-refractivity contribution in [1.29, 1.82) is 0 Å². The first-order valence-electron chi connectivity index (χ1n) is 7.96. The maximum atomic E-state index is 12.1. The van der Waals surface area contributed by atoms with Crippen LogP contribution in [-0.2, 0) is 6.54 Å². The van der Waals surface area contributed by atoms with Crippen molar-refractivity contribution in [3.05, 3.63) is 64.1 Å². The third-order valence-corrected chi connectivity index (χ3v) is 3.52. The molecule has 0 aliphatic carbocycles. The van der Waals surface area contributed by atoms with Crippen LogP contribution in [0.1, 0.15) is 42.7 Å². The second-order valence-electron chi connectivity index (χ2n) is 5.99. The largest absolute Gasteiger partial charge is 0.351 e. The van der Waals surface area contributed by atoms with E-state index in [0.717, 1.165) is 18.4 Å². The molecule has 0 aliphatic heterocycles.